The van der Waals surface area contributed by atoms with E-state index in [0.717, 1.165) is 11.1 Å². The van der Waals surface area contributed by atoms with Crippen molar-refractivity contribution in [3.63, 3.8) is 0 Å². The number of hydrogen-bond donors (Lipinski definition) is 2. The number of halogens is 1. The van der Waals surface area contributed by atoms with E-state index < -0.39 is 27.6 Å². The lowest BCUT2D eigenvalue weighted by atomic mass is 9.88. The van der Waals surface area contributed by atoms with Crippen LogP contribution in [0.25, 0.3) is 11.3 Å². The molecular formula is C34H40FN6O5S+. The molecule has 2 aromatic carbocycles. The molecule has 0 amide bonds. The summed E-state index contributed by atoms with van der Waals surface area (Å²) in [5, 5.41) is 3.43. The van der Waals surface area contributed by atoms with Gasteiger partial charge in [-0.3, -0.25) is 5.32 Å². The van der Waals surface area contributed by atoms with Crippen LogP contribution >= 0.6 is 0 Å². The molecule has 47 heavy (non-hydrogen) atoms. The van der Waals surface area contributed by atoms with Crippen LogP contribution in [0.2, 0.25) is 0 Å². The number of sulfonamides is 1. The smallest absolute Gasteiger partial charge is 0.345 e. The molecule has 1 aliphatic rings. The van der Waals surface area contributed by atoms with Gasteiger partial charge in [-0.25, -0.2) is 22.9 Å². The van der Waals surface area contributed by atoms with Crippen LogP contribution in [0.5, 0.6) is 11.6 Å². The number of ether oxygens (including phenoxy) is 2. The van der Waals surface area contributed by atoms with Crippen LogP contribution in [0.1, 0.15) is 68.3 Å². The van der Waals surface area contributed by atoms with E-state index in [2.05, 4.69) is 45.8 Å². The molecule has 0 aliphatic carbocycles. The van der Waals surface area contributed by atoms with Gasteiger partial charge in [-0.05, 0) is 73.8 Å². The molecule has 4 bridgehead atoms. The van der Waals surface area contributed by atoms with Crippen molar-refractivity contribution in [3.05, 3.63) is 83.2 Å². The van der Waals surface area contributed by atoms with Gasteiger partial charge in [0, 0.05) is 11.6 Å². The standard InChI is InChI=1S/C34H40FN6O5S/c1-20(2)46-25-16-37-27-17-36-24(15-34(5,6)7)19-45-31-29(35)30(28-21(3)10-8-11-22(28)4)38-33(39-31)40-47(43,44)26-13-9-12-23(14-26)32(42)41(27)18-25/h8-14,16,18,20,24,36H,15,17,19H2,1-7H3,(H,38,39,40)/q+1/t24-/m1/s1. The molecule has 4 aromatic rings. The second kappa shape index (κ2) is 13.3. The summed E-state index contributed by atoms with van der Waals surface area (Å²) in [6.45, 7) is 13.7. The normalized spacial score (nSPS) is 16.6. The quantitative estimate of drug-likeness (QED) is 0.284. The Morgan fingerprint density at radius 2 is 1.81 bits per heavy atom. The van der Waals surface area contributed by atoms with Gasteiger partial charge in [0.15, 0.2) is 6.20 Å². The van der Waals surface area contributed by atoms with Crippen LogP contribution < -0.4 is 24.1 Å². The van der Waals surface area contributed by atoms with E-state index in [1.807, 2.05) is 45.9 Å². The van der Waals surface area contributed by atoms with Crippen molar-refractivity contribution in [2.45, 2.75) is 78.5 Å². The number of carbonyl (C=O) groups excluding carboxylic acids is 1. The van der Waals surface area contributed by atoms with E-state index >= 15 is 4.39 Å². The van der Waals surface area contributed by atoms with Gasteiger partial charge in [0.2, 0.25) is 17.5 Å². The summed E-state index contributed by atoms with van der Waals surface area (Å²) in [6.07, 6.45) is 3.50. The summed E-state index contributed by atoms with van der Waals surface area (Å²) >= 11 is 0. The molecule has 5 rings (SSSR count). The highest BCUT2D eigenvalue weighted by atomic mass is 32.2. The first-order valence-corrected chi connectivity index (χ1v) is 16.8. The number of aryl methyl sites for hydroxylation is 2. The molecule has 0 saturated carbocycles. The van der Waals surface area contributed by atoms with Crippen molar-refractivity contribution >= 4 is 21.9 Å². The van der Waals surface area contributed by atoms with Gasteiger partial charge in [-0.15, -0.1) is 0 Å². The van der Waals surface area contributed by atoms with Gasteiger partial charge in [-0.1, -0.05) is 45.0 Å². The molecule has 1 aliphatic heterocycles. The lowest BCUT2D eigenvalue weighted by Gasteiger charge is -2.26. The minimum atomic E-state index is -4.34. The van der Waals surface area contributed by atoms with Gasteiger partial charge in [0.25, 0.3) is 15.9 Å². The molecule has 0 radical (unpaired) electrons. The number of benzene rings is 2. The van der Waals surface area contributed by atoms with E-state index in [4.69, 9.17) is 9.47 Å². The zero-order valence-electron chi connectivity index (χ0n) is 27.6. The summed E-state index contributed by atoms with van der Waals surface area (Å²) in [4.78, 5) is 26.7. The summed E-state index contributed by atoms with van der Waals surface area (Å²) in [5.74, 6) is -1.35. The molecule has 13 heteroatoms. The van der Waals surface area contributed by atoms with Crippen molar-refractivity contribution in [2.24, 2.45) is 5.41 Å². The maximum Gasteiger partial charge on any atom is 0.345 e. The first kappa shape index (κ1) is 33.9. The van der Waals surface area contributed by atoms with E-state index in [9.17, 15) is 13.2 Å². The summed E-state index contributed by atoms with van der Waals surface area (Å²) in [5.41, 5.74) is 1.83. The summed E-state index contributed by atoms with van der Waals surface area (Å²) in [7, 11) is -4.34. The molecular weight excluding hydrogens is 623 g/mol. The van der Waals surface area contributed by atoms with Gasteiger partial charge >= 0.3 is 11.7 Å². The Morgan fingerprint density at radius 1 is 1.11 bits per heavy atom. The largest absolute Gasteiger partial charge is 0.484 e. The van der Waals surface area contributed by atoms with Crippen molar-refractivity contribution in [1.29, 1.82) is 0 Å². The minimum Gasteiger partial charge on any atom is -0.484 e. The molecule has 0 fully saturated rings. The summed E-state index contributed by atoms with van der Waals surface area (Å²) in [6, 6.07) is 10.7. The molecule has 2 N–H and O–H groups in total. The molecule has 0 saturated heterocycles. The Bertz CT molecular complexity index is 1910. The third kappa shape index (κ3) is 7.91. The molecule has 3 heterocycles. The zero-order valence-corrected chi connectivity index (χ0v) is 28.4. The molecule has 248 valence electrons. The highest BCUT2D eigenvalue weighted by Crippen LogP contribution is 2.33. The number of nitrogens with one attached hydrogen (secondary N) is 2. The molecule has 2 aromatic heterocycles. The Labute approximate surface area is 274 Å². The predicted octanol–water partition coefficient (Wildman–Crippen LogP) is 5.15. The second-order valence-corrected chi connectivity index (χ2v) is 14.8. The van der Waals surface area contributed by atoms with E-state index in [1.165, 1.54) is 41.2 Å². The third-order valence-corrected chi connectivity index (χ3v) is 8.78. The number of fused-ring (bicyclic) bond motifs is 5. The number of carbonyl (C=O) groups is 1. The number of hydrogen-bond acceptors (Lipinski definition) is 9. The lowest BCUT2D eigenvalue weighted by Crippen LogP contribution is -2.50. The van der Waals surface area contributed by atoms with Crippen molar-refractivity contribution in [3.8, 4) is 22.9 Å². The SMILES string of the molecule is Cc1cccc(C)c1-c1nc2nc(c1F)OC[C@@H](CC(C)(C)C)NCc1ncc(OC(C)C)c[n+]1C(=O)c1cccc(c1)S(=O)(=O)N2. The van der Waals surface area contributed by atoms with Crippen molar-refractivity contribution in [1.82, 2.24) is 20.3 Å². The second-order valence-electron chi connectivity index (χ2n) is 13.1. The maximum atomic E-state index is 16.2. The van der Waals surface area contributed by atoms with Crippen LogP contribution in [0.4, 0.5) is 10.3 Å². The number of nitrogens with zero attached hydrogens (tertiary/aromatic N) is 4. The average molecular weight is 664 g/mol. The first-order chi connectivity index (χ1) is 22.1. The highest BCUT2D eigenvalue weighted by molar-refractivity contribution is 7.92. The predicted molar refractivity (Wildman–Crippen MR) is 174 cm³/mol. The van der Waals surface area contributed by atoms with Crippen molar-refractivity contribution < 1.29 is 31.6 Å². The maximum absolute atomic E-state index is 16.2. The lowest BCUT2D eigenvalue weighted by molar-refractivity contribution is -0.584. The van der Waals surface area contributed by atoms with Crippen LogP contribution in [-0.4, -0.2) is 48.0 Å². The molecule has 0 spiro atoms. The Hall–Kier alpha value is -4.49. The molecule has 11 nitrogen and oxygen atoms in total. The number of anilines is 1. The topological polar surface area (TPSA) is 136 Å². The van der Waals surface area contributed by atoms with E-state index in [-0.39, 0.29) is 52.8 Å². The minimum absolute atomic E-state index is 0.0227. The van der Waals surface area contributed by atoms with Crippen molar-refractivity contribution in [2.75, 3.05) is 11.3 Å². The fraction of sp³-hybridized carbons (Fsp3) is 0.382. The monoisotopic (exact) mass is 663 g/mol. The van der Waals surface area contributed by atoms with Gasteiger partial charge < -0.3 is 9.47 Å². The fourth-order valence-corrected chi connectivity index (χ4v) is 6.44. The number of aromatic nitrogens is 4. The Kier molecular flexibility index (Phi) is 9.60. The van der Waals surface area contributed by atoms with Gasteiger partial charge in [0.1, 0.15) is 25.0 Å². The third-order valence-electron chi connectivity index (χ3n) is 7.45. The highest BCUT2D eigenvalue weighted by Gasteiger charge is 2.29. The average Bonchev–Trinajstić information content (AvgIpc) is 2.98. The summed E-state index contributed by atoms with van der Waals surface area (Å²) < 4.78 is 59.1. The Morgan fingerprint density at radius 3 is 2.49 bits per heavy atom. The Balaban J connectivity index is 1.68. The first-order valence-electron chi connectivity index (χ1n) is 15.4. The van der Waals surface area contributed by atoms with Crippen LogP contribution in [-0.2, 0) is 16.6 Å². The van der Waals surface area contributed by atoms with Gasteiger partial charge in [-0.2, -0.15) is 13.9 Å². The van der Waals surface area contributed by atoms with E-state index in [1.54, 1.807) is 0 Å². The van der Waals surface area contributed by atoms with Crippen LogP contribution in [0, 0.1) is 25.1 Å². The molecule has 0 unspecified atom stereocenters. The van der Waals surface area contributed by atoms with Crippen LogP contribution in [0.3, 0.4) is 0 Å². The fourth-order valence-electron chi connectivity index (χ4n) is 5.46. The zero-order chi connectivity index (χ0) is 34.1. The molecule has 1 atom stereocenters. The number of rotatable bonds is 4. The van der Waals surface area contributed by atoms with Gasteiger partial charge in [0.05, 0.1) is 16.6 Å². The van der Waals surface area contributed by atoms with Crippen LogP contribution in [0.15, 0.2) is 59.8 Å². The van der Waals surface area contributed by atoms with E-state index in [0.29, 0.717) is 23.6 Å².